The van der Waals surface area contributed by atoms with Crippen LogP contribution in [0.25, 0.3) is 11.0 Å². The van der Waals surface area contributed by atoms with Gasteiger partial charge in [0.2, 0.25) is 11.8 Å². The highest BCUT2D eigenvalue weighted by Gasteiger charge is 2.24. The zero-order valence-electron chi connectivity index (χ0n) is 19.1. The van der Waals surface area contributed by atoms with E-state index in [1.807, 2.05) is 30.3 Å². The van der Waals surface area contributed by atoms with Gasteiger partial charge in [-0.25, -0.2) is 4.98 Å². The van der Waals surface area contributed by atoms with Gasteiger partial charge in [-0.15, -0.1) is 11.8 Å². The molecular formula is C25H28N4O4S. The Balaban J connectivity index is 1.13. The van der Waals surface area contributed by atoms with Crippen LogP contribution in [0, 0.1) is 5.92 Å². The number of carbonyl (C=O) groups is 1. The van der Waals surface area contributed by atoms with Gasteiger partial charge in [0.05, 0.1) is 36.8 Å². The van der Waals surface area contributed by atoms with Gasteiger partial charge in [-0.2, -0.15) is 0 Å². The number of aliphatic hydroxyl groups excluding tert-OH is 1. The summed E-state index contributed by atoms with van der Waals surface area (Å²) in [6.07, 6.45) is 3.15. The van der Waals surface area contributed by atoms with Crippen molar-refractivity contribution >= 4 is 34.4 Å². The first-order chi connectivity index (χ1) is 16.6. The van der Waals surface area contributed by atoms with E-state index in [1.165, 1.54) is 11.8 Å². The lowest BCUT2D eigenvalue weighted by Gasteiger charge is -2.33. The van der Waals surface area contributed by atoms with E-state index in [-0.39, 0.29) is 5.91 Å². The molecule has 0 bridgehead atoms. The van der Waals surface area contributed by atoms with Crippen molar-refractivity contribution in [3.8, 4) is 11.6 Å². The summed E-state index contributed by atoms with van der Waals surface area (Å²) in [5.41, 5.74) is 3.12. The van der Waals surface area contributed by atoms with E-state index < -0.39 is 6.10 Å². The number of hydrogen-bond donors (Lipinski definition) is 2. The number of ether oxygens (including phenoxy) is 2. The van der Waals surface area contributed by atoms with Crippen LogP contribution in [-0.4, -0.2) is 65.0 Å². The molecule has 1 atom stereocenters. The molecular weight excluding hydrogens is 452 g/mol. The molecule has 1 aromatic carbocycles. The molecule has 2 aliphatic heterocycles. The molecule has 0 spiro atoms. The molecule has 5 rings (SSSR count). The number of benzene rings is 1. The van der Waals surface area contributed by atoms with Gasteiger partial charge in [-0.1, -0.05) is 6.07 Å². The van der Waals surface area contributed by atoms with Gasteiger partial charge in [0.25, 0.3) is 0 Å². The monoisotopic (exact) mass is 480 g/mol. The van der Waals surface area contributed by atoms with Gasteiger partial charge in [0.1, 0.15) is 11.3 Å². The molecule has 0 aliphatic carbocycles. The third kappa shape index (κ3) is 5.11. The number of β-amino-alcohol motifs (C(OH)–C–C–N with tert-alkyl or cyclic N) is 1. The normalized spacial score (nSPS) is 17.8. The first-order valence-electron chi connectivity index (χ1n) is 11.5. The standard InChI is InChI=1S/C25H28N4O4S/c1-32-24-5-3-18-25(28-24)21(6-9-26-18)33-14-16-7-10-29(11-8-16)13-20(30)17-2-4-22-19(12-17)27-23(31)15-34-22/h2-6,9,12,16,20,30H,7-8,10-11,13-15H2,1H3,(H,27,31). The Morgan fingerprint density at radius 2 is 2.09 bits per heavy atom. The number of nitrogens with one attached hydrogen (secondary N) is 1. The summed E-state index contributed by atoms with van der Waals surface area (Å²) in [5.74, 6) is 2.15. The van der Waals surface area contributed by atoms with Crippen LogP contribution in [0.15, 0.2) is 47.5 Å². The second-order valence-electron chi connectivity index (χ2n) is 8.69. The molecule has 1 saturated heterocycles. The number of fused-ring (bicyclic) bond motifs is 2. The van der Waals surface area contributed by atoms with Crippen molar-refractivity contribution in [2.24, 2.45) is 5.92 Å². The van der Waals surface area contributed by atoms with Crippen molar-refractivity contribution in [1.82, 2.24) is 14.9 Å². The van der Waals surface area contributed by atoms with E-state index in [9.17, 15) is 9.90 Å². The van der Waals surface area contributed by atoms with Crippen molar-refractivity contribution < 1.29 is 19.4 Å². The van der Waals surface area contributed by atoms with Gasteiger partial charge in [-0.05, 0) is 55.6 Å². The van der Waals surface area contributed by atoms with E-state index in [0.717, 1.165) is 53.3 Å². The van der Waals surface area contributed by atoms with Gasteiger partial charge in [0, 0.05) is 29.8 Å². The van der Waals surface area contributed by atoms with Crippen LogP contribution < -0.4 is 14.8 Å². The average molecular weight is 481 g/mol. The van der Waals surface area contributed by atoms with Crippen LogP contribution in [0.4, 0.5) is 5.69 Å². The Hall–Kier alpha value is -2.88. The predicted octanol–water partition coefficient (Wildman–Crippen LogP) is 3.51. The lowest BCUT2D eigenvalue weighted by Crippen LogP contribution is -2.38. The zero-order valence-corrected chi connectivity index (χ0v) is 19.9. The molecule has 9 heteroatoms. The smallest absolute Gasteiger partial charge is 0.234 e. The fourth-order valence-corrected chi connectivity index (χ4v) is 5.20. The van der Waals surface area contributed by atoms with Crippen molar-refractivity contribution in [2.45, 2.75) is 23.8 Å². The molecule has 1 amide bonds. The number of aliphatic hydroxyl groups is 1. The van der Waals surface area contributed by atoms with E-state index >= 15 is 0 Å². The van der Waals surface area contributed by atoms with Gasteiger partial charge in [-0.3, -0.25) is 9.78 Å². The van der Waals surface area contributed by atoms with Crippen molar-refractivity contribution in [3.05, 3.63) is 48.2 Å². The number of rotatable bonds is 7. The second-order valence-corrected chi connectivity index (χ2v) is 9.71. The summed E-state index contributed by atoms with van der Waals surface area (Å²) in [7, 11) is 1.60. The zero-order chi connectivity index (χ0) is 23.5. The summed E-state index contributed by atoms with van der Waals surface area (Å²) in [6.45, 7) is 3.01. The molecule has 0 radical (unpaired) electrons. The quantitative estimate of drug-likeness (QED) is 0.530. The molecule has 34 heavy (non-hydrogen) atoms. The van der Waals surface area contributed by atoms with E-state index in [2.05, 4.69) is 20.2 Å². The van der Waals surface area contributed by atoms with Gasteiger partial charge >= 0.3 is 0 Å². The number of nitrogens with zero attached hydrogens (tertiary/aromatic N) is 3. The second kappa shape index (κ2) is 10.2. The maximum absolute atomic E-state index is 11.7. The first-order valence-corrected chi connectivity index (χ1v) is 12.5. The number of carbonyl (C=O) groups excluding carboxylic acids is 1. The first kappa shape index (κ1) is 22.9. The van der Waals surface area contributed by atoms with Crippen LogP contribution in [0.2, 0.25) is 0 Å². The number of piperidine rings is 1. The fraction of sp³-hybridized carbons (Fsp3) is 0.400. The molecule has 2 aromatic heterocycles. The maximum atomic E-state index is 11.7. The third-order valence-electron chi connectivity index (χ3n) is 6.36. The molecule has 1 fully saturated rings. The number of methoxy groups -OCH3 is 1. The minimum absolute atomic E-state index is 0.00288. The summed E-state index contributed by atoms with van der Waals surface area (Å²) >= 11 is 1.53. The summed E-state index contributed by atoms with van der Waals surface area (Å²) in [4.78, 5) is 23.9. The number of amides is 1. The lowest BCUT2D eigenvalue weighted by atomic mass is 9.97. The highest BCUT2D eigenvalue weighted by Crippen LogP contribution is 2.34. The van der Waals surface area contributed by atoms with Crippen LogP contribution in [0.3, 0.4) is 0 Å². The number of likely N-dealkylation sites (tertiary alicyclic amines) is 1. The van der Waals surface area contributed by atoms with Crippen LogP contribution in [-0.2, 0) is 4.79 Å². The van der Waals surface area contributed by atoms with Gasteiger partial charge in [0.15, 0.2) is 0 Å². The highest BCUT2D eigenvalue weighted by molar-refractivity contribution is 8.00. The largest absolute Gasteiger partial charge is 0.491 e. The summed E-state index contributed by atoms with van der Waals surface area (Å²) in [5, 5.41) is 13.7. The molecule has 8 nitrogen and oxygen atoms in total. The molecule has 1 unspecified atom stereocenters. The van der Waals surface area contributed by atoms with Crippen LogP contribution in [0.1, 0.15) is 24.5 Å². The third-order valence-corrected chi connectivity index (χ3v) is 7.44. The number of anilines is 1. The minimum atomic E-state index is -0.592. The highest BCUT2D eigenvalue weighted by atomic mass is 32.2. The molecule has 2 N–H and O–H groups in total. The Morgan fingerprint density at radius 3 is 2.91 bits per heavy atom. The number of hydrogen-bond acceptors (Lipinski definition) is 8. The van der Waals surface area contributed by atoms with Crippen molar-refractivity contribution in [3.63, 3.8) is 0 Å². The molecule has 178 valence electrons. The van der Waals surface area contributed by atoms with Crippen molar-refractivity contribution in [2.75, 3.05) is 44.4 Å². The van der Waals surface area contributed by atoms with Crippen molar-refractivity contribution in [1.29, 1.82) is 0 Å². The summed E-state index contributed by atoms with van der Waals surface area (Å²) in [6, 6.07) is 11.4. The predicted molar refractivity (Wildman–Crippen MR) is 132 cm³/mol. The Bertz CT molecular complexity index is 1180. The van der Waals surface area contributed by atoms with E-state index in [4.69, 9.17) is 9.47 Å². The fourth-order valence-electron chi connectivity index (χ4n) is 4.42. The van der Waals surface area contributed by atoms with E-state index in [0.29, 0.717) is 36.2 Å². The molecule has 3 aromatic rings. The number of pyridine rings is 2. The van der Waals surface area contributed by atoms with Gasteiger partial charge < -0.3 is 24.8 Å². The topological polar surface area (TPSA) is 96.8 Å². The minimum Gasteiger partial charge on any atom is -0.491 e. The lowest BCUT2D eigenvalue weighted by molar-refractivity contribution is -0.113. The molecule has 0 saturated carbocycles. The molecule has 2 aliphatic rings. The SMILES string of the molecule is COc1ccc2nccc(OCC3CCN(CC(O)c4ccc5c(c4)NC(=O)CS5)CC3)c2n1. The average Bonchev–Trinajstić information content (AvgIpc) is 2.87. The summed E-state index contributed by atoms with van der Waals surface area (Å²) < 4.78 is 11.4. The Labute approximate surface area is 202 Å². The Kier molecular flexibility index (Phi) is 6.85. The molecule has 4 heterocycles. The maximum Gasteiger partial charge on any atom is 0.234 e. The van der Waals surface area contributed by atoms with Crippen LogP contribution in [0.5, 0.6) is 11.6 Å². The van der Waals surface area contributed by atoms with Crippen LogP contribution >= 0.6 is 11.8 Å². The van der Waals surface area contributed by atoms with E-state index in [1.54, 1.807) is 19.4 Å². The number of aromatic nitrogens is 2. The Morgan fingerprint density at radius 1 is 1.24 bits per heavy atom. The number of thioether (sulfide) groups is 1.